The maximum atomic E-state index is 13.0. The van der Waals surface area contributed by atoms with Gasteiger partial charge in [-0.15, -0.1) is 0 Å². The number of hydrogen-bond donors (Lipinski definition) is 1. The smallest absolute Gasteiger partial charge is 0.327 e. The van der Waals surface area contributed by atoms with Gasteiger partial charge in [-0.1, -0.05) is 24.6 Å². The molecule has 0 aliphatic carbocycles. The maximum absolute atomic E-state index is 13.0. The Hall–Kier alpha value is -2.83. The number of fused-ring (bicyclic) bond motifs is 1. The lowest BCUT2D eigenvalue weighted by atomic mass is 10.2. The van der Waals surface area contributed by atoms with Gasteiger partial charge < -0.3 is 14.4 Å². The number of rotatable bonds is 7. The minimum absolute atomic E-state index is 0.0948. The number of unbranched alkanes of at least 4 members (excludes halogenated alkanes) is 2. The second-order valence-corrected chi connectivity index (χ2v) is 6.79. The molecule has 1 aliphatic heterocycles. The van der Waals surface area contributed by atoms with Gasteiger partial charge >= 0.3 is 12.0 Å². The molecule has 7 nitrogen and oxygen atoms in total. The second kappa shape index (κ2) is 8.70. The van der Waals surface area contributed by atoms with E-state index in [1.165, 1.54) is 4.90 Å². The average molecular weight is 372 g/mol. The highest BCUT2D eigenvalue weighted by molar-refractivity contribution is 6.04. The normalized spacial score (nSPS) is 13.9. The van der Waals surface area contributed by atoms with E-state index >= 15 is 0 Å². The predicted octanol–water partition coefficient (Wildman–Crippen LogP) is 3.74. The molecule has 0 unspecified atom stereocenters. The van der Waals surface area contributed by atoms with Crippen molar-refractivity contribution in [2.24, 2.45) is 0 Å². The standard InChI is InChI=1S/C20H24N2O5/c23-18(24)10-2-1-5-13-22(20(26)21-11-6-7-12-21)19(25)17-14-15-8-3-4-9-16(15)27-17/h3-4,8-9,14H,1-2,5-7,10-13H2,(H,23,24). The third-order valence-electron chi connectivity index (χ3n) is 4.76. The molecule has 0 radical (unpaired) electrons. The number of carboxylic acids is 1. The van der Waals surface area contributed by atoms with Gasteiger partial charge in [0, 0.05) is 31.4 Å². The number of nitrogens with zero attached hydrogens (tertiary/aromatic N) is 2. The van der Waals surface area contributed by atoms with E-state index in [2.05, 4.69) is 0 Å². The molecular formula is C20H24N2O5. The van der Waals surface area contributed by atoms with E-state index in [9.17, 15) is 14.4 Å². The molecule has 1 aliphatic rings. The predicted molar refractivity (Wildman–Crippen MR) is 99.6 cm³/mol. The first-order valence-corrected chi connectivity index (χ1v) is 9.37. The largest absolute Gasteiger partial charge is 0.481 e. The first kappa shape index (κ1) is 18.9. The van der Waals surface area contributed by atoms with Gasteiger partial charge in [0.25, 0.3) is 5.91 Å². The van der Waals surface area contributed by atoms with Crippen LogP contribution in [0.15, 0.2) is 34.7 Å². The van der Waals surface area contributed by atoms with E-state index < -0.39 is 11.9 Å². The average Bonchev–Trinajstić information content (AvgIpc) is 3.33. The Kier molecular flexibility index (Phi) is 6.11. The number of aliphatic carboxylic acids is 1. The van der Waals surface area contributed by atoms with Crippen LogP contribution in [0.25, 0.3) is 11.0 Å². The Morgan fingerprint density at radius 3 is 2.52 bits per heavy atom. The SMILES string of the molecule is O=C(O)CCCCCN(C(=O)c1cc2ccccc2o1)C(=O)N1CCCC1. The minimum atomic E-state index is -0.835. The number of urea groups is 1. The van der Waals surface area contributed by atoms with Crippen LogP contribution in [-0.2, 0) is 4.79 Å². The van der Waals surface area contributed by atoms with Crippen LogP contribution in [-0.4, -0.2) is 52.4 Å². The summed E-state index contributed by atoms with van der Waals surface area (Å²) < 4.78 is 5.64. The molecule has 0 atom stereocenters. The van der Waals surface area contributed by atoms with Gasteiger partial charge in [0.1, 0.15) is 5.58 Å². The molecule has 0 saturated carbocycles. The fraction of sp³-hybridized carbons (Fsp3) is 0.450. The van der Waals surface area contributed by atoms with Crippen molar-refractivity contribution >= 4 is 28.9 Å². The molecule has 1 aromatic carbocycles. The van der Waals surface area contributed by atoms with Crippen LogP contribution in [0.2, 0.25) is 0 Å². The Morgan fingerprint density at radius 2 is 1.81 bits per heavy atom. The van der Waals surface area contributed by atoms with Crippen LogP contribution in [0.4, 0.5) is 4.79 Å². The quantitative estimate of drug-likeness (QED) is 0.748. The van der Waals surface area contributed by atoms with Gasteiger partial charge in [-0.3, -0.25) is 14.5 Å². The number of carboxylic acid groups (broad SMARTS) is 1. The van der Waals surface area contributed by atoms with E-state index in [1.54, 1.807) is 17.0 Å². The molecule has 0 spiro atoms. The highest BCUT2D eigenvalue weighted by Gasteiger charge is 2.30. The fourth-order valence-electron chi connectivity index (χ4n) is 3.31. The van der Waals surface area contributed by atoms with Crippen LogP contribution >= 0.6 is 0 Å². The molecule has 7 heteroatoms. The minimum Gasteiger partial charge on any atom is -0.481 e. The van der Waals surface area contributed by atoms with Gasteiger partial charge in [0.15, 0.2) is 5.76 Å². The Bertz CT molecular complexity index is 790. The molecule has 144 valence electrons. The third-order valence-corrected chi connectivity index (χ3v) is 4.76. The first-order valence-electron chi connectivity index (χ1n) is 9.37. The molecule has 1 aromatic heterocycles. The topological polar surface area (TPSA) is 91.1 Å². The van der Waals surface area contributed by atoms with Crippen LogP contribution in [0, 0.1) is 0 Å². The second-order valence-electron chi connectivity index (χ2n) is 6.79. The number of amides is 3. The summed E-state index contributed by atoms with van der Waals surface area (Å²) in [7, 11) is 0. The summed E-state index contributed by atoms with van der Waals surface area (Å²) in [6, 6.07) is 8.69. The molecule has 2 heterocycles. The van der Waals surface area contributed by atoms with Crippen molar-refractivity contribution in [1.29, 1.82) is 0 Å². The number of carbonyl (C=O) groups is 3. The Labute approximate surface area is 157 Å². The van der Waals surface area contributed by atoms with Gasteiger partial charge in [0.05, 0.1) is 0 Å². The number of imide groups is 1. The summed E-state index contributed by atoms with van der Waals surface area (Å²) in [4.78, 5) is 39.4. The lowest BCUT2D eigenvalue weighted by Crippen LogP contribution is -2.45. The van der Waals surface area contributed by atoms with Crippen molar-refractivity contribution in [3.8, 4) is 0 Å². The summed E-state index contributed by atoms with van der Waals surface area (Å²) >= 11 is 0. The summed E-state index contributed by atoms with van der Waals surface area (Å²) in [6.07, 6.45) is 3.72. The number of furan rings is 1. The van der Waals surface area contributed by atoms with Crippen molar-refractivity contribution in [2.45, 2.75) is 38.5 Å². The number of hydrogen-bond acceptors (Lipinski definition) is 4. The lowest BCUT2D eigenvalue weighted by molar-refractivity contribution is -0.137. The van der Waals surface area contributed by atoms with E-state index in [1.807, 2.05) is 18.2 Å². The van der Waals surface area contributed by atoms with Crippen molar-refractivity contribution < 1.29 is 23.9 Å². The van der Waals surface area contributed by atoms with E-state index in [0.717, 1.165) is 18.2 Å². The highest BCUT2D eigenvalue weighted by atomic mass is 16.4. The molecule has 1 fully saturated rings. The zero-order valence-corrected chi connectivity index (χ0v) is 15.2. The molecule has 27 heavy (non-hydrogen) atoms. The van der Waals surface area contributed by atoms with E-state index in [-0.39, 0.29) is 24.8 Å². The van der Waals surface area contributed by atoms with E-state index in [4.69, 9.17) is 9.52 Å². The van der Waals surface area contributed by atoms with Crippen molar-refractivity contribution in [3.63, 3.8) is 0 Å². The summed E-state index contributed by atoms with van der Waals surface area (Å²) in [5, 5.41) is 9.54. The Balaban J connectivity index is 1.72. The van der Waals surface area contributed by atoms with Gasteiger partial charge in [-0.2, -0.15) is 0 Å². The molecule has 3 rings (SSSR count). The van der Waals surface area contributed by atoms with Crippen molar-refractivity contribution in [1.82, 2.24) is 9.80 Å². The number of benzene rings is 1. The van der Waals surface area contributed by atoms with Crippen LogP contribution in [0.3, 0.4) is 0 Å². The summed E-state index contributed by atoms with van der Waals surface area (Å²) in [5.74, 6) is -1.13. The Morgan fingerprint density at radius 1 is 1.07 bits per heavy atom. The number of para-hydroxylation sites is 1. The highest BCUT2D eigenvalue weighted by Crippen LogP contribution is 2.21. The van der Waals surface area contributed by atoms with Crippen LogP contribution in [0.5, 0.6) is 0 Å². The molecule has 1 saturated heterocycles. The maximum Gasteiger partial charge on any atom is 0.327 e. The number of carbonyl (C=O) groups excluding carboxylic acids is 2. The van der Waals surface area contributed by atoms with Crippen LogP contribution < -0.4 is 0 Å². The molecule has 3 amide bonds. The fourth-order valence-corrected chi connectivity index (χ4v) is 3.31. The molecular weight excluding hydrogens is 348 g/mol. The summed E-state index contributed by atoms with van der Waals surface area (Å²) in [5.41, 5.74) is 0.607. The monoisotopic (exact) mass is 372 g/mol. The van der Waals surface area contributed by atoms with Gasteiger partial charge in [-0.25, -0.2) is 4.79 Å². The first-order chi connectivity index (χ1) is 13.1. The van der Waals surface area contributed by atoms with Crippen molar-refractivity contribution in [3.05, 3.63) is 36.1 Å². The van der Waals surface area contributed by atoms with Crippen molar-refractivity contribution in [2.75, 3.05) is 19.6 Å². The van der Waals surface area contributed by atoms with Gasteiger partial charge in [0.2, 0.25) is 0 Å². The zero-order valence-electron chi connectivity index (χ0n) is 15.2. The lowest BCUT2D eigenvalue weighted by Gasteiger charge is -2.25. The zero-order chi connectivity index (χ0) is 19.2. The third kappa shape index (κ3) is 4.67. The van der Waals surface area contributed by atoms with Crippen LogP contribution in [0.1, 0.15) is 49.1 Å². The summed E-state index contributed by atoms with van der Waals surface area (Å²) in [6.45, 7) is 1.56. The molecule has 1 N–H and O–H groups in total. The van der Waals surface area contributed by atoms with E-state index in [0.29, 0.717) is 37.9 Å². The molecule has 2 aromatic rings. The van der Waals surface area contributed by atoms with Gasteiger partial charge in [-0.05, 0) is 37.8 Å². The molecule has 0 bridgehead atoms. The number of likely N-dealkylation sites (tertiary alicyclic amines) is 1.